The lowest BCUT2D eigenvalue weighted by Gasteiger charge is -2.11. The van der Waals surface area contributed by atoms with E-state index in [0.29, 0.717) is 22.9 Å². The Labute approximate surface area is 151 Å². The van der Waals surface area contributed by atoms with Crippen molar-refractivity contribution in [1.82, 2.24) is 10.3 Å². The Morgan fingerprint density at radius 2 is 1.88 bits per heavy atom. The van der Waals surface area contributed by atoms with Crippen LogP contribution in [0.25, 0.3) is 0 Å². The minimum absolute atomic E-state index is 0.192. The molecule has 4 nitrogen and oxygen atoms in total. The zero-order valence-electron chi connectivity index (χ0n) is 13.8. The molecule has 0 aliphatic rings. The number of hydrogen-bond donors (Lipinski definition) is 2. The molecule has 3 rings (SSSR count). The van der Waals surface area contributed by atoms with Gasteiger partial charge in [-0.05, 0) is 48.9 Å². The van der Waals surface area contributed by atoms with Gasteiger partial charge < -0.3 is 10.6 Å². The van der Waals surface area contributed by atoms with E-state index in [9.17, 15) is 4.79 Å². The molecule has 0 saturated carbocycles. The number of carbonyl (C=O) groups is 1. The van der Waals surface area contributed by atoms with Crippen LogP contribution in [0.1, 0.15) is 21.5 Å². The molecule has 0 atom stereocenters. The van der Waals surface area contributed by atoms with Gasteiger partial charge in [0.1, 0.15) is 5.82 Å². The predicted molar refractivity (Wildman–Crippen MR) is 101 cm³/mol. The van der Waals surface area contributed by atoms with E-state index in [1.165, 1.54) is 5.56 Å². The van der Waals surface area contributed by atoms with Crippen LogP contribution in [0.2, 0.25) is 5.02 Å². The lowest BCUT2D eigenvalue weighted by atomic mass is 10.2. The fourth-order valence-electron chi connectivity index (χ4n) is 2.39. The fraction of sp³-hybridized carbons (Fsp3) is 0.100. The lowest BCUT2D eigenvalue weighted by Crippen LogP contribution is -2.24. The molecule has 0 aliphatic heterocycles. The second-order valence-electron chi connectivity index (χ2n) is 5.70. The van der Waals surface area contributed by atoms with Crippen LogP contribution >= 0.6 is 11.6 Å². The number of amides is 1. The van der Waals surface area contributed by atoms with Gasteiger partial charge in [-0.1, -0.05) is 41.4 Å². The Morgan fingerprint density at radius 3 is 2.64 bits per heavy atom. The number of anilines is 2. The van der Waals surface area contributed by atoms with Crippen LogP contribution in [0, 0.1) is 6.92 Å². The Bertz CT molecular complexity index is 878. The number of aromatic nitrogens is 1. The highest BCUT2D eigenvalue weighted by Gasteiger charge is 2.12. The number of carbonyl (C=O) groups excluding carboxylic acids is 1. The van der Waals surface area contributed by atoms with E-state index < -0.39 is 0 Å². The summed E-state index contributed by atoms with van der Waals surface area (Å²) in [5.41, 5.74) is 3.49. The molecule has 126 valence electrons. The van der Waals surface area contributed by atoms with E-state index in [4.69, 9.17) is 11.6 Å². The van der Waals surface area contributed by atoms with Crippen LogP contribution in [0.5, 0.6) is 0 Å². The molecule has 5 heteroatoms. The van der Waals surface area contributed by atoms with Crippen LogP contribution in [-0.2, 0) is 6.54 Å². The van der Waals surface area contributed by atoms with Crippen molar-refractivity contribution in [3.63, 3.8) is 0 Å². The second kappa shape index (κ2) is 7.81. The number of nitrogens with one attached hydrogen (secondary N) is 2. The zero-order chi connectivity index (χ0) is 17.6. The molecule has 0 spiro atoms. The molecule has 0 fully saturated rings. The third-order valence-electron chi connectivity index (χ3n) is 3.71. The van der Waals surface area contributed by atoms with Gasteiger partial charge in [0.05, 0.1) is 5.56 Å². The van der Waals surface area contributed by atoms with E-state index >= 15 is 0 Å². The number of benzene rings is 2. The molecule has 1 heterocycles. The van der Waals surface area contributed by atoms with Gasteiger partial charge in [0.15, 0.2) is 0 Å². The number of pyridine rings is 1. The summed E-state index contributed by atoms with van der Waals surface area (Å²) in [6.07, 6.45) is 1.66. The van der Waals surface area contributed by atoms with Gasteiger partial charge in [-0.3, -0.25) is 4.79 Å². The minimum Gasteiger partial charge on any atom is -0.348 e. The third-order valence-corrected chi connectivity index (χ3v) is 3.94. The molecule has 0 unspecified atom stereocenters. The summed E-state index contributed by atoms with van der Waals surface area (Å²) in [6, 6.07) is 18.8. The smallest absolute Gasteiger partial charge is 0.255 e. The molecule has 0 aliphatic carbocycles. The van der Waals surface area contributed by atoms with Crippen molar-refractivity contribution in [2.24, 2.45) is 0 Å². The topological polar surface area (TPSA) is 54.0 Å². The van der Waals surface area contributed by atoms with Gasteiger partial charge in [-0.25, -0.2) is 4.98 Å². The van der Waals surface area contributed by atoms with Crippen molar-refractivity contribution >= 4 is 29.0 Å². The summed E-state index contributed by atoms with van der Waals surface area (Å²) in [4.78, 5) is 16.8. The number of nitrogens with zero attached hydrogens (tertiary/aromatic N) is 1. The lowest BCUT2D eigenvalue weighted by molar-refractivity contribution is 0.0951. The maximum absolute atomic E-state index is 12.5. The third kappa shape index (κ3) is 4.58. The van der Waals surface area contributed by atoms with E-state index in [-0.39, 0.29) is 5.91 Å². The molecule has 3 aromatic rings. The van der Waals surface area contributed by atoms with Crippen LogP contribution in [0.15, 0.2) is 66.9 Å². The highest BCUT2D eigenvalue weighted by atomic mass is 35.5. The van der Waals surface area contributed by atoms with Crippen LogP contribution in [0.3, 0.4) is 0 Å². The van der Waals surface area contributed by atoms with Gasteiger partial charge in [0.25, 0.3) is 5.91 Å². The normalized spacial score (nSPS) is 10.3. The van der Waals surface area contributed by atoms with Crippen LogP contribution in [0.4, 0.5) is 11.5 Å². The Hall–Kier alpha value is -2.85. The molecular weight excluding hydrogens is 334 g/mol. The molecule has 0 bridgehead atoms. The quantitative estimate of drug-likeness (QED) is 0.699. The largest absolute Gasteiger partial charge is 0.348 e. The summed E-state index contributed by atoms with van der Waals surface area (Å²) >= 11 is 5.97. The average molecular weight is 352 g/mol. The van der Waals surface area contributed by atoms with Crippen molar-refractivity contribution in [2.75, 3.05) is 5.32 Å². The van der Waals surface area contributed by atoms with E-state index in [0.717, 1.165) is 11.3 Å². The first kappa shape index (κ1) is 17.0. The van der Waals surface area contributed by atoms with Crippen molar-refractivity contribution in [3.05, 3.63) is 88.6 Å². The summed E-state index contributed by atoms with van der Waals surface area (Å²) < 4.78 is 0. The van der Waals surface area contributed by atoms with Crippen molar-refractivity contribution < 1.29 is 4.79 Å². The van der Waals surface area contributed by atoms with Gasteiger partial charge in [0, 0.05) is 23.5 Å². The summed E-state index contributed by atoms with van der Waals surface area (Å²) in [6.45, 7) is 2.43. The highest BCUT2D eigenvalue weighted by molar-refractivity contribution is 6.30. The number of aryl methyl sites for hydroxylation is 1. The van der Waals surface area contributed by atoms with Crippen molar-refractivity contribution in [3.8, 4) is 0 Å². The first-order chi connectivity index (χ1) is 12.1. The predicted octanol–water partition coefficient (Wildman–Crippen LogP) is 4.72. The molecule has 2 N–H and O–H groups in total. The van der Waals surface area contributed by atoms with Gasteiger partial charge in [-0.2, -0.15) is 0 Å². The summed E-state index contributed by atoms with van der Waals surface area (Å²) in [7, 11) is 0. The second-order valence-corrected chi connectivity index (χ2v) is 6.14. The van der Waals surface area contributed by atoms with Crippen molar-refractivity contribution in [1.29, 1.82) is 0 Å². The van der Waals surface area contributed by atoms with E-state index in [1.54, 1.807) is 24.4 Å². The number of rotatable bonds is 5. The summed E-state index contributed by atoms with van der Waals surface area (Å²) in [5, 5.41) is 6.74. The SMILES string of the molecule is Cc1ccc(Nc2ncccc2C(=O)NCc2cccc(Cl)c2)cc1. The van der Waals surface area contributed by atoms with Gasteiger partial charge in [-0.15, -0.1) is 0 Å². The Balaban J connectivity index is 1.73. The zero-order valence-corrected chi connectivity index (χ0v) is 14.5. The highest BCUT2D eigenvalue weighted by Crippen LogP contribution is 2.19. The van der Waals surface area contributed by atoms with E-state index in [2.05, 4.69) is 15.6 Å². The Kier molecular flexibility index (Phi) is 5.31. The van der Waals surface area contributed by atoms with Crippen molar-refractivity contribution in [2.45, 2.75) is 13.5 Å². The molecular formula is C20H18ClN3O. The first-order valence-electron chi connectivity index (χ1n) is 7.93. The fourth-order valence-corrected chi connectivity index (χ4v) is 2.60. The molecule has 1 aromatic heterocycles. The van der Waals surface area contributed by atoms with Gasteiger partial charge >= 0.3 is 0 Å². The van der Waals surface area contributed by atoms with Gasteiger partial charge in [0.2, 0.25) is 0 Å². The minimum atomic E-state index is -0.192. The first-order valence-corrected chi connectivity index (χ1v) is 8.31. The monoisotopic (exact) mass is 351 g/mol. The molecule has 0 radical (unpaired) electrons. The number of halogens is 1. The molecule has 25 heavy (non-hydrogen) atoms. The summed E-state index contributed by atoms with van der Waals surface area (Å²) in [5.74, 6) is 0.331. The van der Waals surface area contributed by atoms with E-state index in [1.807, 2.05) is 49.4 Å². The molecule has 1 amide bonds. The maximum atomic E-state index is 12.5. The number of hydrogen-bond acceptors (Lipinski definition) is 3. The van der Waals surface area contributed by atoms with Crippen LogP contribution < -0.4 is 10.6 Å². The van der Waals surface area contributed by atoms with Crippen LogP contribution in [-0.4, -0.2) is 10.9 Å². The standard InChI is InChI=1S/C20H18ClN3O/c1-14-7-9-17(10-8-14)24-19-18(6-3-11-22-19)20(25)23-13-15-4-2-5-16(21)12-15/h2-12H,13H2,1H3,(H,22,24)(H,23,25). The molecule has 0 saturated heterocycles. The maximum Gasteiger partial charge on any atom is 0.255 e. The molecule has 2 aromatic carbocycles. The average Bonchev–Trinajstić information content (AvgIpc) is 2.62. The Morgan fingerprint density at radius 1 is 1.08 bits per heavy atom.